The van der Waals surface area contributed by atoms with Crippen molar-refractivity contribution in [3.05, 3.63) is 35.9 Å². The highest BCUT2D eigenvalue weighted by molar-refractivity contribution is 5.11. The molecule has 18 heavy (non-hydrogen) atoms. The van der Waals surface area contributed by atoms with Crippen molar-refractivity contribution in [1.82, 2.24) is 0 Å². The highest BCUT2D eigenvalue weighted by Gasteiger charge is 2.16. The van der Waals surface area contributed by atoms with Gasteiger partial charge in [-0.2, -0.15) is 0 Å². The van der Waals surface area contributed by atoms with Crippen LogP contribution in [-0.4, -0.2) is 13.2 Å². The number of benzene rings is 1. The molecule has 0 spiro atoms. The van der Waals surface area contributed by atoms with E-state index in [1.165, 1.54) is 18.4 Å². The minimum absolute atomic E-state index is 0.855. The highest BCUT2D eigenvalue weighted by atomic mass is 16.5. The van der Waals surface area contributed by atoms with Crippen LogP contribution in [0.4, 0.5) is 0 Å². The smallest absolute Gasteiger partial charge is 0.0468 e. The Morgan fingerprint density at radius 2 is 1.50 bits per heavy atom. The van der Waals surface area contributed by atoms with Gasteiger partial charge in [0.05, 0.1) is 0 Å². The molecule has 2 rings (SSSR count). The lowest BCUT2D eigenvalue weighted by atomic mass is 9.89. The first-order valence-electron chi connectivity index (χ1n) is 7.29. The molecular weight excluding hydrogens is 220 g/mol. The summed E-state index contributed by atoms with van der Waals surface area (Å²) < 4.78 is 5.25. The van der Waals surface area contributed by atoms with Gasteiger partial charge >= 0.3 is 0 Å². The molecule has 1 aliphatic rings. The summed E-state index contributed by atoms with van der Waals surface area (Å²) in [5.74, 6) is 1.78. The second kappa shape index (κ2) is 11.3. The summed E-state index contributed by atoms with van der Waals surface area (Å²) >= 11 is 0. The second-order valence-electron chi connectivity index (χ2n) is 4.85. The van der Waals surface area contributed by atoms with Crippen molar-refractivity contribution in [3.63, 3.8) is 0 Å². The number of hydrogen-bond acceptors (Lipinski definition) is 1. The van der Waals surface area contributed by atoms with Crippen molar-refractivity contribution in [3.8, 4) is 0 Å². The summed E-state index contributed by atoms with van der Waals surface area (Å²) in [6, 6.07) is 10.3. The van der Waals surface area contributed by atoms with Crippen LogP contribution in [0.25, 0.3) is 0 Å². The first-order chi connectivity index (χ1) is 8.70. The average Bonchev–Trinajstić information content (AvgIpc) is 2.43. The summed E-state index contributed by atoms with van der Waals surface area (Å²) in [5, 5.41) is 0. The van der Waals surface area contributed by atoms with Crippen molar-refractivity contribution in [2.75, 3.05) is 13.2 Å². The molecule has 0 atom stereocenters. The molecule has 0 bridgehead atoms. The maximum Gasteiger partial charge on any atom is 0.0468 e. The normalized spacial score (nSPS) is 15.2. The van der Waals surface area contributed by atoms with E-state index in [2.05, 4.69) is 32.9 Å². The molecule has 0 N–H and O–H groups in total. The lowest BCUT2D eigenvalue weighted by Gasteiger charge is -2.24. The van der Waals surface area contributed by atoms with Crippen LogP contribution in [0.15, 0.2) is 30.3 Å². The minimum atomic E-state index is 0.855. The van der Waals surface area contributed by atoms with E-state index in [0.29, 0.717) is 0 Å². The molecule has 0 aliphatic carbocycles. The van der Waals surface area contributed by atoms with Gasteiger partial charge in [-0.3, -0.25) is 0 Å². The molecule has 1 heteroatoms. The van der Waals surface area contributed by atoms with E-state index < -0.39 is 0 Å². The molecule has 1 fully saturated rings. The van der Waals surface area contributed by atoms with E-state index in [9.17, 15) is 0 Å². The fourth-order valence-electron chi connectivity index (χ4n) is 1.92. The van der Waals surface area contributed by atoms with Crippen molar-refractivity contribution < 1.29 is 4.74 Å². The van der Waals surface area contributed by atoms with Crippen LogP contribution in [0.1, 0.15) is 46.1 Å². The largest absolute Gasteiger partial charge is 0.381 e. The molecule has 1 aromatic carbocycles. The van der Waals surface area contributed by atoms with E-state index in [0.717, 1.165) is 25.0 Å². The maximum absolute atomic E-state index is 5.25. The van der Waals surface area contributed by atoms with E-state index in [1.54, 1.807) is 0 Å². The average molecular weight is 250 g/mol. The van der Waals surface area contributed by atoms with Crippen LogP contribution in [0.3, 0.4) is 0 Å². The Labute approximate surface area is 114 Å². The predicted octanol–water partition coefficient (Wildman–Crippen LogP) is 5.09. The molecule has 0 amide bonds. The van der Waals surface area contributed by atoms with Gasteiger partial charge in [0.2, 0.25) is 0 Å². The number of rotatable bonds is 1. The molecule has 1 aromatic rings. The van der Waals surface area contributed by atoms with Crippen LogP contribution in [-0.2, 0) is 4.74 Å². The van der Waals surface area contributed by atoms with Gasteiger partial charge in [-0.15, -0.1) is 0 Å². The quantitative estimate of drug-likeness (QED) is 0.674. The molecule has 0 radical (unpaired) electrons. The zero-order valence-corrected chi connectivity index (χ0v) is 12.8. The second-order valence-corrected chi connectivity index (χ2v) is 4.85. The third-order valence-electron chi connectivity index (χ3n) is 3.15. The molecule has 0 unspecified atom stereocenters. The third-order valence-corrected chi connectivity index (χ3v) is 3.15. The Balaban J connectivity index is 0.000000289. The number of hydrogen-bond donors (Lipinski definition) is 0. The van der Waals surface area contributed by atoms with E-state index in [4.69, 9.17) is 4.74 Å². The van der Waals surface area contributed by atoms with Gasteiger partial charge in [-0.1, -0.05) is 63.6 Å². The van der Waals surface area contributed by atoms with Crippen LogP contribution in [0.2, 0.25) is 0 Å². The highest BCUT2D eigenvalue weighted by Crippen LogP contribution is 2.22. The van der Waals surface area contributed by atoms with Crippen molar-refractivity contribution in [1.29, 1.82) is 0 Å². The van der Waals surface area contributed by atoms with Gasteiger partial charge in [-0.05, 0) is 31.6 Å². The molecule has 1 nitrogen and oxygen atoms in total. The van der Waals surface area contributed by atoms with Crippen LogP contribution < -0.4 is 0 Å². The first-order valence-corrected chi connectivity index (χ1v) is 7.29. The molecule has 0 aromatic heterocycles. The summed E-state index contributed by atoms with van der Waals surface area (Å²) in [4.78, 5) is 0. The summed E-state index contributed by atoms with van der Waals surface area (Å²) in [6.07, 6.45) is 2.55. The van der Waals surface area contributed by atoms with Gasteiger partial charge in [0.15, 0.2) is 0 Å². The zero-order valence-electron chi connectivity index (χ0n) is 12.8. The molecule has 1 heterocycles. The fourth-order valence-corrected chi connectivity index (χ4v) is 1.92. The Kier molecular flexibility index (Phi) is 10.8. The molecule has 104 valence electrons. The predicted molar refractivity (Wildman–Crippen MR) is 80.9 cm³/mol. The Morgan fingerprint density at radius 1 is 1.00 bits per heavy atom. The van der Waals surface area contributed by atoms with Crippen molar-refractivity contribution in [2.24, 2.45) is 11.8 Å². The minimum Gasteiger partial charge on any atom is -0.381 e. The Hall–Kier alpha value is -0.820. The summed E-state index contributed by atoms with van der Waals surface area (Å²) in [5.41, 5.74) is 1.32. The van der Waals surface area contributed by atoms with Crippen molar-refractivity contribution in [2.45, 2.75) is 47.5 Å². The van der Waals surface area contributed by atoms with Gasteiger partial charge in [-0.25, -0.2) is 0 Å². The summed E-state index contributed by atoms with van der Waals surface area (Å²) in [6.45, 7) is 12.7. The van der Waals surface area contributed by atoms with Gasteiger partial charge in [0, 0.05) is 13.2 Å². The molecule has 0 saturated carbocycles. The number of aryl methyl sites for hydroxylation is 1. The van der Waals surface area contributed by atoms with Gasteiger partial charge < -0.3 is 4.74 Å². The Bertz CT molecular complexity index is 260. The Morgan fingerprint density at radius 3 is 1.78 bits per heavy atom. The lowest BCUT2D eigenvalue weighted by Crippen LogP contribution is -2.19. The maximum atomic E-state index is 5.25. The van der Waals surface area contributed by atoms with E-state index >= 15 is 0 Å². The third kappa shape index (κ3) is 8.30. The number of ether oxygens (including phenoxy) is 1. The lowest BCUT2D eigenvalue weighted by molar-refractivity contribution is 0.0523. The summed E-state index contributed by atoms with van der Waals surface area (Å²) in [7, 11) is 0. The first kappa shape index (κ1) is 17.2. The van der Waals surface area contributed by atoms with Crippen LogP contribution >= 0.6 is 0 Å². The van der Waals surface area contributed by atoms with Crippen molar-refractivity contribution >= 4 is 0 Å². The van der Waals surface area contributed by atoms with Gasteiger partial charge in [0.25, 0.3) is 0 Å². The molecule has 1 saturated heterocycles. The topological polar surface area (TPSA) is 9.23 Å². The zero-order chi connectivity index (χ0) is 13.8. The van der Waals surface area contributed by atoms with Gasteiger partial charge in [0.1, 0.15) is 0 Å². The SMILES string of the molecule is CC.CC(C)C1CCOCC1.Cc1ccccc1. The fraction of sp³-hybridized carbons (Fsp3) is 0.647. The van der Waals surface area contributed by atoms with Crippen LogP contribution in [0.5, 0.6) is 0 Å². The molecular formula is C17H30O. The monoisotopic (exact) mass is 250 g/mol. The molecule has 1 aliphatic heterocycles. The van der Waals surface area contributed by atoms with E-state index in [-0.39, 0.29) is 0 Å². The van der Waals surface area contributed by atoms with Crippen LogP contribution in [0, 0.1) is 18.8 Å². The van der Waals surface area contributed by atoms with E-state index in [1.807, 2.05) is 32.0 Å². The standard InChI is InChI=1S/C8H16O.C7H8.C2H6/c1-7(2)8-3-5-9-6-4-8;1-7-5-3-2-4-6-7;1-2/h7-8H,3-6H2,1-2H3;2-6H,1H3;1-2H3.